The number of rotatable bonds is 9. The average molecular weight is 582 g/mol. The summed E-state index contributed by atoms with van der Waals surface area (Å²) in [6.07, 6.45) is 0. The molecule has 0 bridgehead atoms. The van der Waals surface area contributed by atoms with Gasteiger partial charge in [0.05, 0.1) is 17.2 Å². The van der Waals surface area contributed by atoms with Gasteiger partial charge in [-0.3, -0.25) is 4.79 Å². The predicted molar refractivity (Wildman–Crippen MR) is 131 cm³/mol. The third-order valence-corrected chi connectivity index (χ3v) is 7.37. The van der Waals surface area contributed by atoms with Crippen molar-refractivity contribution in [1.82, 2.24) is 14.8 Å². The van der Waals surface area contributed by atoms with Crippen LogP contribution < -0.4 is 5.32 Å². The molecule has 5 nitrogen and oxygen atoms in total. The highest BCUT2D eigenvalue weighted by molar-refractivity contribution is 9.10. The Morgan fingerprint density at radius 2 is 1.97 bits per heavy atom. The van der Waals surface area contributed by atoms with Crippen LogP contribution in [0, 0.1) is 11.6 Å². The molecule has 1 aromatic heterocycles. The first-order valence-electron chi connectivity index (χ1n) is 9.29. The summed E-state index contributed by atoms with van der Waals surface area (Å²) in [6, 6.07) is 7.20. The standard InChI is InChI=1S/C20H17BrCl2F2N4OS2/c1-2-29-17(9-31-8-11-3-4-12(22)5-15(11)23)27-28-20(29)32-10-18(30)26-19-14(21)6-13(24)7-16(19)25/h3-7H,2,8-10H2,1H3,(H,26,30). The van der Waals surface area contributed by atoms with Gasteiger partial charge in [0.2, 0.25) is 5.91 Å². The highest BCUT2D eigenvalue weighted by atomic mass is 79.9. The van der Waals surface area contributed by atoms with E-state index in [1.54, 1.807) is 23.9 Å². The number of aromatic nitrogens is 3. The minimum atomic E-state index is -0.855. The van der Waals surface area contributed by atoms with Gasteiger partial charge in [0.15, 0.2) is 11.0 Å². The summed E-state index contributed by atoms with van der Waals surface area (Å²) in [5.41, 5.74) is 0.876. The molecule has 2 aromatic carbocycles. The molecule has 32 heavy (non-hydrogen) atoms. The van der Waals surface area contributed by atoms with Crippen molar-refractivity contribution >= 4 is 74.3 Å². The van der Waals surface area contributed by atoms with E-state index in [0.29, 0.717) is 39.3 Å². The van der Waals surface area contributed by atoms with Crippen molar-refractivity contribution in [3.05, 3.63) is 67.9 Å². The summed E-state index contributed by atoms with van der Waals surface area (Å²) in [5.74, 6) is 0.0386. The van der Waals surface area contributed by atoms with Gasteiger partial charge in [0.25, 0.3) is 0 Å². The van der Waals surface area contributed by atoms with Gasteiger partial charge in [-0.05, 0) is 46.6 Å². The van der Waals surface area contributed by atoms with Gasteiger partial charge >= 0.3 is 0 Å². The van der Waals surface area contributed by atoms with Crippen molar-refractivity contribution in [2.75, 3.05) is 11.1 Å². The number of thioether (sulfide) groups is 2. The van der Waals surface area contributed by atoms with E-state index in [9.17, 15) is 13.6 Å². The van der Waals surface area contributed by atoms with E-state index in [1.165, 1.54) is 11.8 Å². The van der Waals surface area contributed by atoms with Crippen LogP contribution >= 0.6 is 62.7 Å². The number of carbonyl (C=O) groups is 1. The van der Waals surface area contributed by atoms with Crippen LogP contribution in [0.25, 0.3) is 0 Å². The highest BCUT2D eigenvalue weighted by Crippen LogP contribution is 2.29. The fourth-order valence-electron chi connectivity index (χ4n) is 2.71. The van der Waals surface area contributed by atoms with Crippen LogP contribution in [0.1, 0.15) is 18.3 Å². The second-order valence-corrected chi connectivity index (χ2v) is 10.1. The number of hydrogen-bond donors (Lipinski definition) is 1. The summed E-state index contributed by atoms with van der Waals surface area (Å²) >= 11 is 18.0. The summed E-state index contributed by atoms with van der Waals surface area (Å²) in [6.45, 7) is 2.59. The molecule has 1 heterocycles. The molecule has 0 spiro atoms. The first-order chi connectivity index (χ1) is 15.3. The molecule has 3 rings (SSSR count). The van der Waals surface area contributed by atoms with E-state index in [1.807, 2.05) is 17.6 Å². The number of carbonyl (C=O) groups excluding carboxylic acids is 1. The molecule has 0 fully saturated rings. The minimum absolute atomic E-state index is 0.00504. The molecular weight excluding hydrogens is 565 g/mol. The number of anilines is 1. The number of halogens is 5. The van der Waals surface area contributed by atoms with Crippen LogP contribution in [0.5, 0.6) is 0 Å². The van der Waals surface area contributed by atoms with Crippen LogP contribution in [0.2, 0.25) is 10.0 Å². The van der Waals surface area contributed by atoms with Crippen molar-refractivity contribution in [2.45, 2.75) is 30.1 Å². The van der Waals surface area contributed by atoms with Crippen LogP contribution in [0.4, 0.5) is 14.5 Å². The zero-order valence-electron chi connectivity index (χ0n) is 16.7. The maximum absolute atomic E-state index is 13.9. The van der Waals surface area contributed by atoms with Crippen LogP contribution in [-0.4, -0.2) is 26.4 Å². The lowest BCUT2D eigenvalue weighted by Crippen LogP contribution is -2.16. The average Bonchev–Trinajstić information content (AvgIpc) is 3.12. The monoisotopic (exact) mass is 580 g/mol. The van der Waals surface area contributed by atoms with Crippen molar-refractivity contribution in [3.8, 4) is 0 Å². The normalized spacial score (nSPS) is 11.1. The molecule has 12 heteroatoms. The van der Waals surface area contributed by atoms with E-state index in [4.69, 9.17) is 23.2 Å². The summed E-state index contributed by atoms with van der Waals surface area (Å²) in [7, 11) is 0. The fraction of sp³-hybridized carbons (Fsp3) is 0.250. The smallest absolute Gasteiger partial charge is 0.234 e. The quantitative estimate of drug-likeness (QED) is 0.281. The van der Waals surface area contributed by atoms with E-state index < -0.39 is 17.5 Å². The van der Waals surface area contributed by atoms with Gasteiger partial charge in [-0.1, -0.05) is 41.0 Å². The number of nitrogens with zero attached hydrogens (tertiary/aromatic N) is 3. The summed E-state index contributed by atoms with van der Waals surface area (Å²) in [4.78, 5) is 12.3. The van der Waals surface area contributed by atoms with Gasteiger partial charge in [0, 0.05) is 32.9 Å². The van der Waals surface area contributed by atoms with Gasteiger partial charge in [-0.25, -0.2) is 8.78 Å². The Hall–Kier alpha value is -1.33. The molecule has 0 atom stereocenters. The lowest BCUT2D eigenvalue weighted by atomic mass is 10.2. The SMILES string of the molecule is CCn1c(CSCc2ccc(Cl)cc2Cl)nnc1SCC(=O)Nc1c(F)cc(F)cc1Br. The molecule has 0 aliphatic carbocycles. The Bertz CT molecular complexity index is 1110. The molecule has 1 N–H and O–H groups in total. The molecule has 1 amide bonds. The van der Waals surface area contributed by atoms with Gasteiger partial charge in [-0.2, -0.15) is 0 Å². The van der Waals surface area contributed by atoms with Gasteiger partial charge in [-0.15, -0.1) is 22.0 Å². The number of hydrogen-bond acceptors (Lipinski definition) is 5. The first-order valence-corrected chi connectivity index (χ1v) is 13.0. The fourth-order valence-corrected chi connectivity index (χ4v) is 5.56. The Morgan fingerprint density at radius 1 is 1.19 bits per heavy atom. The second kappa shape index (κ2) is 11.7. The molecule has 3 aromatic rings. The maximum Gasteiger partial charge on any atom is 0.234 e. The molecular formula is C20H17BrCl2F2N4OS2. The predicted octanol–water partition coefficient (Wildman–Crippen LogP) is 6.81. The third-order valence-electron chi connectivity index (χ3n) is 4.22. The molecule has 0 saturated carbocycles. The van der Waals surface area contributed by atoms with E-state index >= 15 is 0 Å². The lowest BCUT2D eigenvalue weighted by Gasteiger charge is -2.10. The minimum Gasteiger partial charge on any atom is -0.322 e. The third kappa shape index (κ3) is 6.60. The van der Waals surface area contributed by atoms with Crippen molar-refractivity contribution in [2.24, 2.45) is 0 Å². The van der Waals surface area contributed by atoms with Crippen molar-refractivity contribution in [1.29, 1.82) is 0 Å². The topological polar surface area (TPSA) is 59.8 Å². The maximum atomic E-state index is 13.9. The summed E-state index contributed by atoms with van der Waals surface area (Å²) in [5, 5.41) is 12.7. The van der Waals surface area contributed by atoms with E-state index in [2.05, 4.69) is 31.4 Å². The second-order valence-electron chi connectivity index (χ2n) is 6.45. The van der Waals surface area contributed by atoms with Gasteiger partial charge < -0.3 is 9.88 Å². The molecule has 0 radical (unpaired) electrons. The molecule has 0 unspecified atom stereocenters. The molecule has 0 saturated heterocycles. The number of amides is 1. The Labute approximate surface area is 210 Å². The largest absolute Gasteiger partial charge is 0.322 e. The van der Waals surface area contributed by atoms with Gasteiger partial charge in [0.1, 0.15) is 11.6 Å². The molecule has 0 aliphatic rings. The highest BCUT2D eigenvalue weighted by Gasteiger charge is 2.16. The van der Waals surface area contributed by atoms with E-state index in [-0.39, 0.29) is 15.9 Å². The number of benzene rings is 2. The Balaban J connectivity index is 1.57. The van der Waals surface area contributed by atoms with Crippen molar-refractivity contribution < 1.29 is 13.6 Å². The Morgan fingerprint density at radius 3 is 2.66 bits per heavy atom. The van der Waals surface area contributed by atoms with E-state index in [0.717, 1.165) is 17.5 Å². The van der Waals surface area contributed by atoms with Crippen LogP contribution in [0.15, 0.2) is 40.0 Å². The first kappa shape index (κ1) is 25.3. The lowest BCUT2D eigenvalue weighted by molar-refractivity contribution is -0.113. The number of nitrogens with one attached hydrogen (secondary N) is 1. The zero-order chi connectivity index (χ0) is 23.3. The molecule has 170 valence electrons. The van der Waals surface area contributed by atoms with Crippen LogP contribution in [-0.2, 0) is 22.8 Å². The molecule has 0 aliphatic heterocycles. The van der Waals surface area contributed by atoms with Crippen LogP contribution in [0.3, 0.4) is 0 Å². The zero-order valence-corrected chi connectivity index (χ0v) is 21.4. The Kier molecular flexibility index (Phi) is 9.24. The van der Waals surface area contributed by atoms with Crippen molar-refractivity contribution in [3.63, 3.8) is 0 Å². The summed E-state index contributed by atoms with van der Waals surface area (Å²) < 4.78 is 29.2.